The number of benzene rings is 1. The summed E-state index contributed by atoms with van der Waals surface area (Å²) in [5, 5.41) is 29.6. The van der Waals surface area contributed by atoms with Gasteiger partial charge in [-0.25, -0.2) is 0 Å². The SMILES string of the molecule is CCCCCCC[C@@H](O)CC(=O)N[C@@H](CN)C(=O)C[C@H]1CCNC(=O)[C@H](CC(C)C)NC(=O)[C@H](CCN)NC(=O)[C@H](CCN)NC(=O)[C@H](CC(C)C)NC(=O)[C@@H](Cc2ccccc2)CC(=O)[C@H](CCN)NC1=O. The fourth-order valence-corrected chi connectivity index (χ4v) is 8.72. The topological polar surface area (TPSA) is 362 Å². The van der Waals surface area contributed by atoms with Gasteiger partial charge in [-0.1, -0.05) is 97.1 Å². The Bertz CT molecular complexity index is 1910. The number of amides is 7. The molecule has 1 aromatic rings. The highest BCUT2D eigenvalue weighted by molar-refractivity contribution is 5.98. The van der Waals surface area contributed by atoms with Crippen LogP contribution in [0.25, 0.3) is 0 Å². The number of unbranched alkanes of at least 4 members (excludes halogenated alkanes) is 4. The summed E-state index contributed by atoms with van der Waals surface area (Å²) < 4.78 is 0. The smallest absolute Gasteiger partial charge is 0.243 e. The van der Waals surface area contributed by atoms with E-state index in [0.717, 1.165) is 32.1 Å². The van der Waals surface area contributed by atoms with Gasteiger partial charge in [0.2, 0.25) is 41.4 Å². The lowest BCUT2D eigenvalue weighted by Crippen LogP contribution is -2.59. The summed E-state index contributed by atoms with van der Waals surface area (Å²) in [5.74, 6) is -8.45. The number of hydrogen-bond acceptors (Lipinski definition) is 14. The summed E-state index contributed by atoms with van der Waals surface area (Å²) in [6.07, 6.45) is 3.25. The van der Waals surface area contributed by atoms with Crippen LogP contribution in [0, 0.1) is 23.7 Å². The molecule has 0 saturated carbocycles. The molecule has 1 aliphatic heterocycles. The summed E-state index contributed by atoms with van der Waals surface area (Å²) in [6, 6.07) is 1.67. The number of carbonyl (C=O) groups excluding carboxylic acids is 9. The average molecular weight is 1030 g/mol. The first-order valence-electron chi connectivity index (χ1n) is 26.4. The molecule has 1 aromatic carbocycles. The maximum absolute atomic E-state index is 14.4. The second-order valence-electron chi connectivity index (χ2n) is 20.2. The van der Waals surface area contributed by atoms with E-state index in [0.29, 0.717) is 12.0 Å². The lowest BCUT2D eigenvalue weighted by atomic mass is 9.89. The molecule has 7 amide bonds. The molecule has 1 aliphatic rings. The van der Waals surface area contributed by atoms with Crippen LogP contribution in [0.5, 0.6) is 0 Å². The number of carbonyl (C=O) groups is 9. The summed E-state index contributed by atoms with van der Waals surface area (Å²) in [4.78, 5) is 126. The standard InChI is InChI=1S/C52H89N11O10/c1-6-7-8-9-13-16-37(64)30-46(67)58-43(31-56)45(66)28-35-20-24-57-49(70)41(25-32(2)3)63-51(72)40(19-23-55)60-50(71)39(18-22-54)61-52(73)42(26-33(4)5)62-48(69)36(27-34-14-11-10-12-15-34)29-44(65)38(17-21-53)59-47(35)68/h10-12,14-15,32-33,35-43,64H,6-9,13,16-31,53-56H2,1-5H3,(H,57,70)(H,58,67)(H,59,68)(H,60,71)(H,61,73)(H,62,69)(H,63,72)/t35-,36+,37-,38+,39+,40+,41+,42+,43+/m1/s1. The van der Waals surface area contributed by atoms with Crippen molar-refractivity contribution in [3.8, 4) is 0 Å². The fourth-order valence-electron chi connectivity index (χ4n) is 8.72. The number of Topliss-reactive ketones (excluding diaryl/α,β-unsaturated/α-hetero) is 2. The van der Waals surface area contributed by atoms with Crippen molar-refractivity contribution in [3.63, 3.8) is 0 Å². The lowest BCUT2D eigenvalue weighted by molar-refractivity contribution is -0.136. The van der Waals surface area contributed by atoms with Gasteiger partial charge < -0.3 is 65.3 Å². The maximum atomic E-state index is 14.4. The summed E-state index contributed by atoms with van der Waals surface area (Å²) >= 11 is 0. The third kappa shape index (κ3) is 24.5. The second kappa shape index (κ2) is 35.0. The van der Waals surface area contributed by atoms with Crippen LogP contribution in [-0.4, -0.2) is 133 Å². The van der Waals surface area contributed by atoms with E-state index in [1.54, 1.807) is 30.3 Å². The van der Waals surface area contributed by atoms with E-state index in [1.165, 1.54) is 0 Å². The van der Waals surface area contributed by atoms with Crippen LogP contribution in [0.1, 0.15) is 136 Å². The summed E-state index contributed by atoms with van der Waals surface area (Å²) in [5.41, 5.74) is 24.5. The molecule has 21 heteroatoms. The van der Waals surface area contributed by atoms with Crippen molar-refractivity contribution in [1.29, 1.82) is 0 Å². The Hall–Kier alpha value is -5.35. The number of rotatable bonds is 25. The molecule has 1 fully saturated rings. The van der Waals surface area contributed by atoms with Crippen molar-refractivity contribution in [2.75, 3.05) is 32.7 Å². The van der Waals surface area contributed by atoms with Crippen molar-refractivity contribution in [2.24, 2.45) is 46.6 Å². The first-order chi connectivity index (χ1) is 34.8. The minimum Gasteiger partial charge on any atom is -0.393 e. The predicted molar refractivity (Wildman–Crippen MR) is 279 cm³/mol. The molecular formula is C52H89N11O10. The van der Waals surface area contributed by atoms with Crippen LogP contribution >= 0.6 is 0 Å². The van der Waals surface area contributed by atoms with Crippen LogP contribution in [0.2, 0.25) is 0 Å². The molecule has 0 aromatic heterocycles. The van der Waals surface area contributed by atoms with E-state index in [2.05, 4.69) is 44.1 Å². The van der Waals surface area contributed by atoms with E-state index in [-0.39, 0.29) is 95.9 Å². The molecule has 16 N–H and O–H groups in total. The average Bonchev–Trinajstić information content (AvgIpc) is 3.33. The predicted octanol–water partition coefficient (Wildman–Crippen LogP) is 0.0174. The highest BCUT2D eigenvalue weighted by Crippen LogP contribution is 2.19. The van der Waals surface area contributed by atoms with Crippen molar-refractivity contribution in [3.05, 3.63) is 35.9 Å². The monoisotopic (exact) mass is 1030 g/mol. The Morgan fingerprint density at radius 3 is 1.68 bits per heavy atom. The molecular weight excluding hydrogens is 939 g/mol. The third-order valence-corrected chi connectivity index (χ3v) is 12.8. The van der Waals surface area contributed by atoms with Gasteiger partial charge in [0.15, 0.2) is 11.6 Å². The maximum Gasteiger partial charge on any atom is 0.243 e. The van der Waals surface area contributed by atoms with E-state index >= 15 is 0 Å². The quantitative estimate of drug-likeness (QED) is 0.0575. The zero-order valence-electron chi connectivity index (χ0n) is 44.0. The Kier molecular flexibility index (Phi) is 30.5. The van der Waals surface area contributed by atoms with Crippen molar-refractivity contribution in [1.82, 2.24) is 37.2 Å². The van der Waals surface area contributed by atoms with E-state index in [9.17, 15) is 48.3 Å². The van der Waals surface area contributed by atoms with E-state index in [4.69, 9.17) is 22.9 Å². The van der Waals surface area contributed by atoms with Gasteiger partial charge in [-0.15, -0.1) is 0 Å². The lowest BCUT2D eigenvalue weighted by Gasteiger charge is -2.28. The second-order valence-corrected chi connectivity index (χ2v) is 20.2. The van der Waals surface area contributed by atoms with Gasteiger partial charge in [0.1, 0.15) is 24.2 Å². The minimum absolute atomic E-state index is 0.0325. The number of nitrogens with two attached hydrogens (primary N) is 4. The first-order valence-corrected chi connectivity index (χ1v) is 26.4. The number of aliphatic hydroxyl groups is 1. The number of aliphatic hydroxyl groups excluding tert-OH is 1. The molecule has 9 atom stereocenters. The van der Waals surface area contributed by atoms with Crippen LogP contribution in [0.3, 0.4) is 0 Å². The third-order valence-electron chi connectivity index (χ3n) is 12.8. The van der Waals surface area contributed by atoms with Crippen LogP contribution in [-0.2, 0) is 49.6 Å². The number of hydrogen-bond donors (Lipinski definition) is 12. The van der Waals surface area contributed by atoms with Gasteiger partial charge in [-0.3, -0.25) is 43.2 Å². The molecule has 0 spiro atoms. The zero-order chi connectivity index (χ0) is 54.5. The number of ketones is 2. The van der Waals surface area contributed by atoms with Gasteiger partial charge in [0.05, 0.1) is 24.6 Å². The van der Waals surface area contributed by atoms with Gasteiger partial charge in [0.25, 0.3) is 0 Å². The van der Waals surface area contributed by atoms with Crippen LogP contribution in [0.15, 0.2) is 30.3 Å². The van der Waals surface area contributed by atoms with E-state index in [1.807, 2.05) is 27.7 Å². The Labute approximate surface area is 432 Å². The molecule has 0 radical (unpaired) electrons. The molecule has 73 heavy (non-hydrogen) atoms. The van der Waals surface area contributed by atoms with Gasteiger partial charge in [0, 0.05) is 37.8 Å². The molecule has 1 saturated heterocycles. The summed E-state index contributed by atoms with van der Waals surface area (Å²) in [7, 11) is 0. The molecule has 2 rings (SSSR count). The largest absolute Gasteiger partial charge is 0.393 e. The van der Waals surface area contributed by atoms with Gasteiger partial charge >= 0.3 is 0 Å². The molecule has 1 heterocycles. The Morgan fingerprint density at radius 2 is 1.14 bits per heavy atom. The highest BCUT2D eigenvalue weighted by Gasteiger charge is 2.36. The molecule has 0 aliphatic carbocycles. The summed E-state index contributed by atoms with van der Waals surface area (Å²) in [6.45, 7) is 8.84. The highest BCUT2D eigenvalue weighted by atomic mass is 16.3. The fraction of sp³-hybridized carbons (Fsp3) is 0.712. The van der Waals surface area contributed by atoms with Gasteiger partial charge in [-0.05, 0) is 88.4 Å². The van der Waals surface area contributed by atoms with Crippen LogP contribution in [0.4, 0.5) is 0 Å². The minimum atomic E-state index is -1.24. The van der Waals surface area contributed by atoms with Crippen molar-refractivity contribution >= 4 is 52.9 Å². The van der Waals surface area contributed by atoms with Gasteiger partial charge in [-0.2, -0.15) is 0 Å². The molecule has 21 nitrogen and oxygen atoms in total. The first kappa shape index (κ1) is 63.8. The zero-order valence-corrected chi connectivity index (χ0v) is 44.0. The molecule has 412 valence electrons. The normalized spacial score (nSPS) is 23.3. The van der Waals surface area contributed by atoms with E-state index < -0.39 is 120 Å². The van der Waals surface area contributed by atoms with Crippen molar-refractivity contribution < 1.29 is 48.3 Å². The molecule has 0 bridgehead atoms. The van der Waals surface area contributed by atoms with Crippen molar-refractivity contribution in [2.45, 2.75) is 180 Å². The van der Waals surface area contributed by atoms with Crippen LogP contribution < -0.4 is 60.2 Å². The Morgan fingerprint density at radius 1 is 0.644 bits per heavy atom. The molecule has 0 unspecified atom stereocenters. The Balaban J connectivity index is 2.66. The number of nitrogens with one attached hydrogen (secondary N) is 7.